The van der Waals surface area contributed by atoms with E-state index in [4.69, 9.17) is 44.3 Å². The predicted octanol–water partition coefficient (Wildman–Crippen LogP) is 6.43. The van der Waals surface area contributed by atoms with Gasteiger partial charge in [-0.05, 0) is 36.4 Å². The number of hydrogen-bond acceptors (Lipinski definition) is 5. The van der Waals surface area contributed by atoms with Gasteiger partial charge in [0.15, 0.2) is 0 Å². The van der Waals surface area contributed by atoms with Crippen LogP contribution in [0.1, 0.15) is 17.2 Å². The first-order valence-corrected chi connectivity index (χ1v) is 11.2. The number of amides is 1. The molecular formula is C25H17Cl3FNO5. The second-order valence-electron chi connectivity index (χ2n) is 7.48. The van der Waals surface area contributed by atoms with Gasteiger partial charge in [0.2, 0.25) is 0 Å². The summed E-state index contributed by atoms with van der Waals surface area (Å²) in [5.74, 6) is -2.80. The number of para-hydroxylation sites is 1. The first-order chi connectivity index (χ1) is 16.7. The first kappa shape index (κ1) is 24.9. The van der Waals surface area contributed by atoms with E-state index in [1.54, 1.807) is 24.3 Å². The van der Waals surface area contributed by atoms with Gasteiger partial charge in [0.05, 0.1) is 41.4 Å². The quantitative estimate of drug-likeness (QED) is 0.231. The lowest BCUT2D eigenvalue weighted by Gasteiger charge is -2.27. The topological polar surface area (TPSA) is 76.1 Å². The maximum Gasteiger partial charge on any atom is 0.300 e. The molecule has 0 saturated carbocycles. The molecule has 3 aromatic rings. The van der Waals surface area contributed by atoms with Gasteiger partial charge in [0.1, 0.15) is 23.1 Å². The minimum Gasteiger partial charge on any atom is -0.507 e. The number of anilines is 1. The van der Waals surface area contributed by atoms with Crippen LogP contribution in [0.5, 0.6) is 11.5 Å². The molecule has 0 spiro atoms. The highest BCUT2D eigenvalue weighted by molar-refractivity contribution is 6.52. The van der Waals surface area contributed by atoms with E-state index in [-0.39, 0.29) is 37.6 Å². The van der Waals surface area contributed by atoms with Crippen molar-refractivity contribution in [2.24, 2.45) is 0 Å². The largest absolute Gasteiger partial charge is 0.507 e. The Morgan fingerprint density at radius 1 is 0.971 bits per heavy atom. The number of carbonyl (C=O) groups is 2. The van der Waals surface area contributed by atoms with Crippen molar-refractivity contribution in [3.63, 3.8) is 0 Å². The molecular weight excluding hydrogens is 520 g/mol. The highest BCUT2D eigenvalue weighted by Gasteiger charge is 2.48. The number of carbonyl (C=O) groups excluding carboxylic acids is 2. The fraction of sp³-hybridized carbons (Fsp3) is 0.120. The Balaban J connectivity index is 2.05. The number of nitrogens with zero attached hydrogens (tertiary/aromatic N) is 1. The molecule has 6 nitrogen and oxygen atoms in total. The van der Waals surface area contributed by atoms with Crippen LogP contribution in [-0.4, -0.2) is 31.0 Å². The summed E-state index contributed by atoms with van der Waals surface area (Å²) in [6.45, 7) is 0. The van der Waals surface area contributed by atoms with Crippen molar-refractivity contribution in [2.75, 3.05) is 19.1 Å². The molecule has 0 radical (unpaired) electrons. The summed E-state index contributed by atoms with van der Waals surface area (Å²) in [6, 6.07) is 11.9. The van der Waals surface area contributed by atoms with Gasteiger partial charge in [0, 0.05) is 16.3 Å². The van der Waals surface area contributed by atoms with Crippen molar-refractivity contribution in [1.29, 1.82) is 0 Å². The number of ether oxygens (including phenoxy) is 2. The second kappa shape index (κ2) is 9.77. The Bertz CT molecular complexity index is 1390. The van der Waals surface area contributed by atoms with Gasteiger partial charge in [-0.3, -0.25) is 14.5 Å². The van der Waals surface area contributed by atoms with Crippen molar-refractivity contribution >= 4 is 57.9 Å². The van der Waals surface area contributed by atoms with Crippen LogP contribution in [0.2, 0.25) is 15.1 Å². The van der Waals surface area contributed by atoms with Gasteiger partial charge in [-0.2, -0.15) is 0 Å². The average molecular weight is 537 g/mol. The maximum absolute atomic E-state index is 13.9. The molecule has 1 unspecified atom stereocenters. The number of aliphatic hydroxyl groups is 1. The summed E-state index contributed by atoms with van der Waals surface area (Å²) in [5, 5.41) is 11.4. The van der Waals surface area contributed by atoms with Crippen molar-refractivity contribution in [1.82, 2.24) is 0 Å². The van der Waals surface area contributed by atoms with Gasteiger partial charge >= 0.3 is 0 Å². The number of rotatable bonds is 5. The number of ketones is 1. The number of Topliss-reactive ketones (excluding diaryl/α,β-unsaturated/α-hetero) is 1. The van der Waals surface area contributed by atoms with Crippen LogP contribution < -0.4 is 14.4 Å². The molecule has 10 heteroatoms. The summed E-state index contributed by atoms with van der Waals surface area (Å²) in [6.07, 6.45) is 0. The van der Waals surface area contributed by atoms with Crippen molar-refractivity contribution in [2.45, 2.75) is 6.04 Å². The van der Waals surface area contributed by atoms with Gasteiger partial charge in [-0.15, -0.1) is 0 Å². The van der Waals surface area contributed by atoms with E-state index >= 15 is 0 Å². The summed E-state index contributed by atoms with van der Waals surface area (Å²) >= 11 is 18.3. The molecule has 35 heavy (non-hydrogen) atoms. The molecule has 0 aliphatic carbocycles. The number of methoxy groups -OCH3 is 2. The van der Waals surface area contributed by atoms with Crippen molar-refractivity contribution < 1.29 is 28.6 Å². The number of benzene rings is 3. The molecule has 1 heterocycles. The van der Waals surface area contributed by atoms with E-state index in [1.165, 1.54) is 38.5 Å². The van der Waals surface area contributed by atoms with Crippen LogP contribution in [0.4, 0.5) is 10.1 Å². The molecule has 4 rings (SSSR count). The van der Waals surface area contributed by atoms with Crippen LogP contribution in [0, 0.1) is 5.82 Å². The van der Waals surface area contributed by atoms with E-state index in [2.05, 4.69) is 0 Å². The van der Waals surface area contributed by atoms with Crippen LogP contribution >= 0.6 is 34.8 Å². The molecule has 1 aliphatic heterocycles. The summed E-state index contributed by atoms with van der Waals surface area (Å²) < 4.78 is 24.7. The highest BCUT2D eigenvalue weighted by Crippen LogP contribution is 2.47. The fourth-order valence-electron chi connectivity index (χ4n) is 4.01. The highest BCUT2D eigenvalue weighted by atomic mass is 35.5. The standard InChI is InChI=1S/C25H17Cl3FNO5/c1-34-19-6-4-3-5-14(19)21-20(22(31)15-9-12(26)10-17(28)24(15)35-2)23(32)25(33)30(21)13-7-8-18(29)16(27)11-13/h3-11,21,31H,1-2H3/b22-20+. The SMILES string of the molecule is COc1ccccc1C1/C(=C(\O)c2cc(Cl)cc(Cl)c2OC)C(=O)C(=O)N1c1ccc(F)c(Cl)c1. The van der Waals surface area contributed by atoms with Crippen LogP contribution in [-0.2, 0) is 9.59 Å². The zero-order valence-corrected chi connectivity index (χ0v) is 20.6. The molecule has 0 bridgehead atoms. The number of hydrogen-bond donors (Lipinski definition) is 1. The third-order valence-corrected chi connectivity index (χ3v) is 6.32. The number of halogens is 4. The Hall–Kier alpha value is -3.26. The Labute approximate surface area is 215 Å². The molecule has 1 fully saturated rings. The van der Waals surface area contributed by atoms with Crippen molar-refractivity contribution in [3.05, 3.63) is 92.2 Å². The molecule has 1 amide bonds. The minimum atomic E-state index is -1.16. The fourth-order valence-corrected chi connectivity index (χ4v) is 4.75. The molecule has 180 valence electrons. The van der Waals surface area contributed by atoms with Crippen LogP contribution in [0.25, 0.3) is 5.76 Å². The lowest BCUT2D eigenvalue weighted by molar-refractivity contribution is -0.132. The zero-order chi connectivity index (χ0) is 25.4. The van der Waals surface area contributed by atoms with Crippen LogP contribution in [0.3, 0.4) is 0 Å². The molecule has 1 N–H and O–H groups in total. The van der Waals surface area contributed by atoms with Gasteiger partial charge < -0.3 is 14.6 Å². The lowest BCUT2D eigenvalue weighted by Crippen LogP contribution is -2.29. The van der Waals surface area contributed by atoms with Gasteiger partial charge in [-0.25, -0.2) is 4.39 Å². The molecule has 0 aromatic heterocycles. The normalized spacial score (nSPS) is 17.1. The van der Waals surface area contributed by atoms with Gasteiger partial charge in [-0.1, -0.05) is 53.0 Å². The summed E-state index contributed by atoms with van der Waals surface area (Å²) in [7, 11) is 2.77. The summed E-state index contributed by atoms with van der Waals surface area (Å²) in [5.41, 5.74) is 0.282. The molecule has 1 saturated heterocycles. The first-order valence-electron chi connectivity index (χ1n) is 10.1. The van der Waals surface area contributed by atoms with Gasteiger partial charge in [0.25, 0.3) is 11.7 Å². The summed E-state index contributed by atoms with van der Waals surface area (Å²) in [4.78, 5) is 27.8. The number of aliphatic hydroxyl groups excluding tert-OH is 1. The molecule has 1 atom stereocenters. The third kappa shape index (κ3) is 4.31. The van der Waals surface area contributed by atoms with E-state index < -0.39 is 29.3 Å². The maximum atomic E-state index is 13.9. The molecule has 3 aromatic carbocycles. The third-order valence-electron chi connectivity index (χ3n) is 5.53. The van der Waals surface area contributed by atoms with Crippen LogP contribution in [0.15, 0.2) is 60.2 Å². The van der Waals surface area contributed by atoms with Crippen molar-refractivity contribution in [3.8, 4) is 11.5 Å². The lowest BCUT2D eigenvalue weighted by atomic mass is 9.94. The zero-order valence-electron chi connectivity index (χ0n) is 18.3. The van der Waals surface area contributed by atoms with E-state index in [9.17, 15) is 19.1 Å². The Morgan fingerprint density at radius 2 is 1.69 bits per heavy atom. The Kier molecular flexibility index (Phi) is 6.94. The predicted molar refractivity (Wildman–Crippen MR) is 132 cm³/mol. The smallest absolute Gasteiger partial charge is 0.300 e. The van der Waals surface area contributed by atoms with E-state index in [1.807, 2.05) is 0 Å². The average Bonchev–Trinajstić information content (AvgIpc) is 3.10. The second-order valence-corrected chi connectivity index (χ2v) is 8.73. The Morgan fingerprint density at radius 3 is 2.34 bits per heavy atom. The monoisotopic (exact) mass is 535 g/mol. The van der Waals surface area contributed by atoms with E-state index in [0.29, 0.717) is 11.3 Å². The molecule has 1 aliphatic rings. The van der Waals surface area contributed by atoms with E-state index in [0.717, 1.165) is 11.0 Å². The minimum absolute atomic E-state index is 0.0139.